The van der Waals surface area contributed by atoms with E-state index in [0.29, 0.717) is 12.5 Å². The van der Waals surface area contributed by atoms with Crippen LogP contribution in [0.4, 0.5) is 0 Å². The average molecular weight is 284 g/mol. The molecule has 0 bridgehead atoms. The molecule has 0 aliphatic heterocycles. The van der Waals surface area contributed by atoms with Gasteiger partial charge in [-0.1, -0.05) is 20.8 Å². The van der Waals surface area contributed by atoms with Crippen molar-refractivity contribution in [3.8, 4) is 0 Å². The van der Waals surface area contributed by atoms with Crippen molar-refractivity contribution in [3.05, 3.63) is 35.0 Å². The van der Waals surface area contributed by atoms with Gasteiger partial charge in [-0.25, -0.2) is 0 Å². The van der Waals surface area contributed by atoms with Crippen LogP contribution < -0.4 is 0 Å². The molecule has 3 nitrogen and oxygen atoms in total. The van der Waals surface area contributed by atoms with Gasteiger partial charge in [0.1, 0.15) is 0 Å². The Morgan fingerprint density at radius 1 is 1.24 bits per heavy atom. The van der Waals surface area contributed by atoms with Crippen molar-refractivity contribution in [3.63, 3.8) is 0 Å². The number of likely N-dealkylation sites (N-methyl/N-ethyl adjacent to an activating group) is 1. The SMILES string of the molecule is CCC(=O)c1ccc2[nH]cc3c2c1CC(N(CC)CC)C3. The van der Waals surface area contributed by atoms with Crippen LogP contribution >= 0.6 is 0 Å². The number of H-pyrrole nitrogens is 1. The molecule has 0 fully saturated rings. The molecule has 1 heterocycles. The molecule has 1 atom stereocenters. The molecule has 3 rings (SSSR count). The Labute approximate surface area is 126 Å². The molecule has 0 amide bonds. The fourth-order valence-electron chi connectivity index (χ4n) is 3.76. The first-order valence-corrected chi connectivity index (χ1v) is 8.08. The largest absolute Gasteiger partial charge is 0.361 e. The summed E-state index contributed by atoms with van der Waals surface area (Å²) in [5.41, 5.74) is 4.74. The second-order valence-electron chi connectivity index (χ2n) is 5.89. The molecule has 21 heavy (non-hydrogen) atoms. The lowest BCUT2D eigenvalue weighted by Gasteiger charge is -2.33. The number of hydrogen-bond donors (Lipinski definition) is 1. The van der Waals surface area contributed by atoms with Crippen molar-refractivity contribution >= 4 is 16.7 Å². The molecule has 0 saturated heterocycles. The zero-order valence-corrected chi connectivity index (χ0v) is 13.2. The number of ketones is 1. The second kappa shape index (κ2) is 5.64. The van der Waals surface area contributed by atoms with Gasteiger partial charge in [-0.3, -0.25) is 4.79 Å². The van der Waals surface area contributed by atoms with E-state index in [0.717, 1.165) is 31.5 Å². The third-order valence-corrected chi connectivity index (χ3v) is 4.88. The maximum atomic E-state index is 12.3. The zero-order chi connectivity index (χ0) is 15.0. The van der Waals surface area contributed by atoms with Gasteiger partial charge in [0.15, 0.2) is 5.78 Å². The highest BCUT2D eigenvalue weighted by atomic mass is 16.1. The second-order valence-corrected chi connectivity index (χ2v) is 5.89. The van der Waals surface area contributed by atoms with Crippen LogP contribution in [0.15, 0.2) is 18.3 Å². The predicted octanol–water partition coefficient (Wildman–Crippen LogP) is 3.57. The van der Waals surface area contributed by atoms with E-state index in [1.54, 1.807) is 0 Å². The van der Waals surface area contributed by atoms with Crippen molar-refractivity contribution in [2.45, 2.75) is 46.1 Å². The average Bonchev–Trinajstić information content (AvgIpc) is 2.93. The number of nitrogens with zero attached hydrogens (tertiary/aromatic N) is 1. The van der Waals surface area contributed by atoms with Gasteiger partial charge in [-0.2, -0.15) is 0 Å². The fraction of sp³-hybridized carbons (Fsp3) is 0.500. The summed E-state index contributed by atoms with van der Waals surface area (Å²) in [5.74, 6) is 0.263. The molecule has 112 valence electrons. The van der Waals surface area contributed by atoms with Gasteiger partial charge in [0.25, 0.3) is 0 Å². The van der Waals surface area contributed by atoms with Crippen LogP contribution in [0.5, 0.6) is 0 Å². The molecule has 1 N–H and O–H groups in total. The van der Waals surface area contributed by atoms with Crippen LogP contribution in [0.2, 0.25) is 0 Å². The van der Waals surface area contributed by atoms with Crippen molar-refractivity contribution in [2.75, 3.05) is 13.1 Å². The topological polar surface area (TPSA) is 36.1 Å². The lowest BCUT2D eigenvalue weighted by Crippen LogP contribution is -2.40. The number of carbonyl (C=O) groups is 1. The van der Waals surface area contributed by atoms with Crippen LogP contribution in [-0.4, -0.2) is 34.8 Å². The van der Waals surface area contributed by atoms with E-state index in [4.69, 9.17) is 0 Å². The van der Waals surface area contributed by atoms with Gasteiger partial charge < -0.3 is 9.88 Å². The minimum atomic E-state index is 0.263. The van der Waals surface area contributed by atoms with E-state index >= 15 is 0 Å². The quantitative estimate of drug-likeness (QED) is 0.852. The fourth-order valence-corrected chi connectivity index (χ4v) is 3.76. The summed E-state index contributed by atoms with van der Waals surface area (Å²) in [4.78, 5) is 18.2. The van der Waals surface area contributed by atoms with E-state index in [9.17, 15) is 4.79 Å². The molecule has 2 aromatic rings. The number of hydrogen-bond acceptors (Lipinski definition) is 2. The van der Waals surface area contributed by atoms with Crippen LogP contribution in [0.25, 0.3) is 10.9 Å². The number of Topliss-reactive ketones (excluding diaryl/α,β-unsaturated/α-hetero) is 1. The van der Waals surface area contributed by atoms with Crippen LogP contribution in [0, 0.1) is 0 Å². The third-order valence-electron chi connectivity index (χ3n) is 4.88. The molecule has 1 unspecified atom stereocenters. The molecule has 0 saturated carbocycles. The number of carbonyl (C=O) groups excluding carboxylic acids is 1. The van der Waals surface area contributed by atoms with Crippen molar-refractivity contribution in [1.29, 1.82) is 0 Å². The van der Waals surface area contributed by atoms with Gasteiger partial charge in [0, 0.05) is 35.1 Å². The van der Waals surface area contributed by atoms with Crippen LogP contribution in [0.1, 0.15) is 48.7 Å². The Hall–Kier alpha value is -1.61. The number of rotatable bonds is 5. The summed E-state index contributed by atoms with van der Waals surface area (Å²) in [7, 11) is 0. The summed E-state index contributed by atoms with van der Waals surface area (Å²) in [6, 6.07) is 4.58. The minimum absolute atomic E-state index is 0.263. The molecule has 3 heteroatoms. The molecule has 1 aliphatic carbocycles. The normalized spacial score (nSPS) is 17.6. The minimum Gasteiger partial charge on any atom is -0.361 e. The molecule has 0 radical (unpaired) electrons. The Morgan fingerprint density at radius 2 is 2.00 bits per heavy atom. The van der Waals surface area contributed by atoms with Crippen molar-refractivity contribution in [1.82, 2.24) is 9.88 Å². The highest BCUT2D eigenvalue weighted by Gasteiger charge is 2.28. The number of nitrogens with one attached hydrogen (secondary N) is 1. The van der Waals surface area contributed by atoms with Gasteiger partial charge in [0.2, 0.25) is 0 Å². The number of aromatic amines is 1. The summed E-state index contributed by atoms with van der Waals surface area (Å²) < 4.78 is 0. The first-order chi connectivity index (χ1) is 10.2. The van der Waals surface area contributed by atoms with E-state index in [-0.39, 0.29) is 5.78 Å². The van der Waals surface area contributed by atoms with Crippen molar-refractivity contribution < 1.29 is 4.79 Å². The van der Waals surface area contributed by atoms with E-state index in [1.165, 1.54) is 22.0 Å². The Balaban J connectivity index is 2.11. The van der Waals surface area contributed by atoms with Gasteiger partial charge in [-0.05, 0) is 49.2 Å². The summed E-state index contributed by atoms with van der Waals surface area (Å²) in [5, 5.41) is 1.30. The Kier molecular flexibility index (Phi) is 3.85. The lowest BCUT2D eigenvalue weighted by molar-refractivity contribution is 0.0986. The third kappa shape index (κ3) is 2.30. The molecule has 1 aromatic carbocycles. The standard InChI is InChI=1S/C18H24N2O/c1-4-17(21)14-7-8-16-18-12(11-19-16)9-13(10-15(14)18)20(5-2)6-3/h7-8,11,13,19H,4-6,9-10H2,1-3H3. The maximum Gasteiger partial charge on any atom is 0.162 e. The number of benzene rings is 1. The summed E-state index contributed by atoms with van der Waals surface area (Å²) >= 11 is 0. The molecule has 1 aliphatic rings. The monoisotopic (exact) mass is 284 g/mol. The molecular weight excluding hydrogens is 260 g/mol. The predicted molar refractivity (Wildman–Crippen MR) is 87.0 cm³/mol. The lowest BCUT2D eigenvalue weighted by atomic mass is 9.84. The Morgan fingerprint density at radius 3 is 2.67 bits per heavy atom. The highest BCUT2D eigenvalue weighted by Crippen LogP contribution is 2.34. The van der Waals surface area contributed by atoms with Crippen LogP contribution in [0.3, 0.4) is 0 Å². The van der Waals surface area contributed by atoms with E-state index in [1.807, 2.05) is 13.0 Å². The van der Waals surface area contributed by atoms with E-state index < -0.39 is 0 Å². The van der Waals surface area contributed by atoms with E-state index in [2.05, 4.69) is 36.0 Å². The smallest absolute Gasteiger partial charge is 0.162 e. The molecular formula is C18H24N2O. The van der Waals surface area contributed by atoms with Gasteiger partial charge in [0.05, 0.1) is 0 Å². The first kappa shape index (κ1) is 14.3. The van der Waals surface area contributed by atoms with Crippen LogP contribution in [-0.2, 0) is 12.8 Å². The summed E-state index contributed by atoms with van der Waals surface area (Å²) in [6.07, 6.45) is 4.78. The maximum absolute atomic E-state index is 12.3. The molecule has 1 aromatic heterocycles. The Bertz CT molecular complexity index is 667. The highest BCUT2D eigenvalue weighted by molar-refractivity contribution is 6.03. The van der Waals surface area contributed by atoms with Crippen molar-refractivity contribution in [2.24, 2.45) is 0 Å². The summed E-state index contributed by atoms with van der Waals surface area (Å²) in [6.45, 7) is 8.51. The number of aromatic nitrogens is 1. The molecule has 0 spiro atoms. The first-order valence-electron chi connectivity index (χ1n) is 8.08. The van der Waals surface area contributed by atoms with Gasteiger partial charge in [-0.15, -0.1) is 0 Å². The van der Waals surface area contributed by atoms with Gasteiger partial charge >= 0.3 is 0 Å². The zero-order valence-electron chi connectivity index (χ0n) is 13.2.